The number of ether oxygens (including phenoxy) is 1. The van der Waals surface area contributed by atoms with E-state index in [-0.39, 0.29) is 29.7 Å². The van der Waals surface area contributed by atoms with E-state index in [0.717, 1.165) is 22.5 Å². The number of aromatic hydroxyl groups is 1. The van der Waals surface area contributed by atoms with E-state index in [4.69, 9.17) is 4.74 Å². The normalized spacial score (nSPS) is 20.5. The second-order valence-corrected chi connectivity index (χ2v) is 7.58. The third-order valence-electron chi connectivity index (χ3n) is 4.33. The van der Waals surface area contributed by atoms with E-state index in [9.17, 15) is 5.11 Å². The van der Waals surface area contributed by atoms with Gasteiger partial charge < -0.3 is 20.5 Å². The van der Waals surface area contributed by atoms with Gasteiger partial charge in [0.1, 0.15) is 11.5 Å². The smallest absolute Gasteiger partial charge is 0.191 e. The maximum atomic E-state index is 9.97. The van der Waals surface area contributed by atoms with Crippen LogP contribution in [-0.2, 0) is 6.54 Å². The molecule has 1 fully saturated rings. The van der Waals surface area contributed by atoms with Gasteiger partial charge in [-0.15, -0.1) is 24.0 Å². The number of guanidine groups is 1. The maximum Gasteiger partial charge on any atom is 0.191 e. The van der Waals surface area contributed by atoms with Crippen LogP contribution in [0.1, 0.15) is 38.2 Å². The van der Waals surface area contributed by atoms with Crippen LogP contribution >= 0.6 is 35.7 Å². The van der Waals surface area contributed by atoms with Gasteiger partial charge in [0.05, 0.1) is 7.11 Å². The Hall–Kier alpha value is -0.830. The fourth-order valence-corrected chi connectivity index (χ4v) is 4.23. The van der Waals surface area contributed by atoms with E-state index >= 15 is 0 Å². The zero-order valence-electron chi connectivity index (χ0n) is 15.2. The van der Waals surface area contributed by atoms with Crippen LogP contribution in [0, 0.1) is 0 Å². The van der Waals surface area contributed by atoms with Crippen molar-refractivity contribution in [1.29, 1.82) is 0 Å². The average molecular weight is 479 g/mol. The van der Waals surface area contributed by atoms with E-state index < -0.39 is 0 Å². The summed E-state index contributed by atoms with van der Waals surface area (Å²) in [7, 11) is 3.40. The van der Waals surface area contributed by atoms with Crippen molar-refractivity contribution in [1.82, 2.24) is 10.6 Å². The predicted molar refractivity (Wildman–Crippen MR) is 118 cm³/mol. The molecule has 25 heavy (non-hydrogen) atoms. The van der Waals surface area contributed by atoms with Gasteiger partial charge in [-0.3, -0.25) is 4.99 Å². The van der Waals surface area contributed by atoms with Gasteiger partial charge in [-0.2, -0.15) is 11.8 Å². The quantitative estimate of drug-likeness (QED) is 0.330. The molecule has 0 heterocycles. The van der Waals surface area contributed by atoms with E-state index in [1.54, 1.807) is 26.3 Å². The first-order chi connectivity index (χ1) is 11.7. The summed E-state index contributed by atoms with van der Waals surface area (Å²) in [5.41, 5.74) is 0.792. The molecule has 1 aliphatic carbocycles. The zero-order valence-corrected chi connectivity index (χ0v) is 18.4. The fraction of sp³-hybridized carbons (Fsp3) is 0.611. The summed E-state index contributed by atoms with van der Waals surface area (Å²) in [5.74, 6) is 2.96. The molecule has 1 aromatic rings. The minimum atomic E-state index is 0. The number of hydrogen-bond donors (Lipinski definition) is 3. The van der Waals surface area contributed by atoms with Crippen LogP contribution in [0.3, 0.4) is 0 Å². The molecular formula is C18H30IN3O2S. The minimum Gasteiger partial charge on any atom is -0.508 e. The van der Waals surface area contributed by atoms with Crippen molar-refractivity contribution in [3.8, 4) is 11.5 Å². The summed E-state index contributed by atoms with van der Waals surface area (Å²) >= 11 is 2.06. The fourth-order valence-electron chi connectivity index (χ4n) is 3.06. The highest BCUT2D eigenvalue weighted by atomic mass is 127. The number of thioether (sulfide) groups is 1. The summed E-state index contributed by atoms with van der Waals surface area (Å²) in [6.45, 7) is 2.73. The van der Waals surface area contributed by atoms with Gasteiger partial charge in [-0.05, 0) is 43.2 Å². The van der Waals surface area contributed by atoms with Crippen LogP contribution in [0.25, 0.3) is 0 Å². The lowest BCUT2D eigenvalue weighted by molar-refractivity contribution is 0.410. The maximum absolute atomic E-state index is 9.97. The van der Waals surface area contributed by atoms with E-state index in [1.165, 1.54) is 31.4 Å². The number of benzene rings is 1. The summed E-state index contributed by atoms with van der Waals surface area (Å²) in [4.78, 5) is 4.32. The van der Waals surface area contributed by atoms with Crippen LogP contribution in [0.15, 0.2) is 23.2 Å². The molecule has 0 aromatic heterocycles. The number of rotatable bonds is 6. The van der Waals surface area contributed by atoms with Gasteiger partial charge in [0.2, 0.25) is 0 Å². The van der Waals surface area contributed by atoms with Gasteiger partial charge in [0, 0.05) is 30.4 Å². The number of phenolic OH excluding ortho intramolecular Hbond substituents is 1. The van der Waals surface area contributed by atoms with Gasteiger partial charge in [0.15, 0.2) is 5.96 Å². The number of hydrogen-bond acceptors (Lipinski definition) is 4. The molecule has 2 unspecified atom stereocenters. The van der Waals surface area contributed by atoms with Crippen molar-refractivity contribution in [2.24, 2.45) is 4.99 Å². The monoisotopic (exact) mass is 479 g/mol. The molecule has 2 atom stereocenters. The summed E-state index contributed by atoms with van der Waals surface area (Å²) < 4.78 is 5.21. The van der Waals surface area contributed by atoms with Crippen molar-refractivity contribution in [3.63, 3.8) is 0 Å². The molecule has 2 rings (SSSR count). The number of nitrogens with one attached hydrogen (secondary N) is 2. The molecule has 0 spiro atoms. The first-order valence-electron chi connectivity index (χ1n) is 8.61. The molecule has 0 radical (unpaired) electrons. The highest BCUT2D eigenvalue weighted by Gasteiger charge is 2.22. The minimum absolute atomic E-state index is 0. The molecule has 0 saturated heterocycles. The zero-order chi connectivity index (χ0) is 17.4. The van der Waals surface area contributed by atoms with Crippen LogP contribution in [-0.4, -0.2) is 42.3 Å². The molecule has 3 N–H and O–H groups in total. The molecular weight excluding hydrogens is 449 g/mol. The van der Waals surface area contributed by atoms with Gasteiger partial charge >= 0.3 is 0 Å². The molecule has 1 aliphatic rings. The van der Waals surface area contributed by atoms with Crippen LogP contribution < -0.4 is 15.4 Å². The van der Waals surface area contributed by atoms with Crippen molar-refractivity contribution >= 4 is 41.7 Å². The molecule has 7 heteroatoms. The molecule has 1 saturated carbocycles. The number of halogens is 1. The molecule has 1 aromatic carbocycles. The third-order valence-corrected chi connectivity index (χ3v) is 5.56. The Morgan fingerprint density at radius 3 is 2.88 bits per heavy atom. The van der Waals surface area contributed by atoms with E-state index in [2.05, 4.69) is 34.3 Å². The van der Waals surface area contributed by atoms with Gasteiger partial charge in [-0.1, -0.05) is 13.3 Å². The standard InChI is InChI=1S/C18H29N3O2S.HI/c1-4-24-16-7-5-6-14(11-16)21-18(19-2)20-12-13-10-15(23-3)8-9-17(13)22;/h8-10,14,16,22H,4-7,11-12H2,1-3H3,(H2,19,20,21);1H. The Morgan fingerprint density at radius 2 is 2.20 bits per heavy atom. The first kappa shape index (κ1) is 22.2. The van der Waals surface area contributed by atoms with Crippen LogP contribution in [0.2, 0.25) is 0 Å². The topological polar surface area (TPSA) is 65.9 Å². The van der Waals surface area contributed by atoms with Gasteiger partial charge in [-0.25, -0.2) is 0 Å². The van der Waals surface area contributed by atoms with E-state index in [1.807, 2.05) is 6.07 Å². The van der Waals surface area contributed by atoms with Gasteiger partial charge in [0.25, 0.3) is 0 Å². The number of phenols is 1. The largest absolute Gasteiger partial charge is 0.508 e. The summed E-state index contributed by atoms with van der Waals surface area (Å²) in [6.07, 6.45) is 4.96. The lowest BCUT2D eigenvalue weighted by Crippen LogP contribution is -2.45. The second-order valence-electron chi connectivity index (χ2n) is 6.01. The highest BCUT2D eigenvalue weighted by molar-refractivity contribution is 14.0. The Bertz CT molecular complexity index is 555. The third kappa shape index (κ3) is 7.13. The Kier molecular flexibility index (Phi) is 10.4. The van der Waals surface area contributed by atoms with Crippen molar-refractivity contribution in [2.75, 3.05) is 19.9 Å². The lowest BCUT2D eigenvalue weighted by atomic mass is 9.95. The van der Waals surface area contributed by atoms with Crippen molar-refractivity contribution < 1.29 is 9.84 Å². The van der Waals surface area contributed by atoms with Crippen molar-refractivity contribution in [2.45, 2.75) is 50.4 Å². The lowest BCUT2D eigenvalue weighted by Gasteiger charge is -2.30. The Morgan fingerprint density at radius 1 is 1.40 bits per heavy atom. The molecule has 0 bridgehead atoms. The molecule has 0 aliphatic heterocycles. The average Bonchev–Trinajstić information content (AvgIpc) is 2.60. The van der Waals surface area contributed by atoms with Crippen LogP contribution in [0.5, 0.6) is 11.5 Å². The molecule has 142 valence electrons. The second kappa shape index (κ2) is 11.7. The molecule has 0 amide bonds. The highest BCUT2D eigenvalue weighted by Crippen LogP contribution is 2.28. The Labute approximate surface area is 172 Å². The molecule has 5 nitrogen and oxygen atoms in total. The summed E-state index contributed by atoms with van der Waals surface area (Å²) in [6, 6.07) is 5.71. The van der Waals surface area contributed by atoms with E-state index in [0.29, 0.717) is 12.6 Å². The number of methoxy groups -OCH3 is 1. The Balaban J connectivity index is 0.00000312. The number of nitrogens with zero attached hydrogens (tertiary/aromatic N) is 1. The summed E-state index contributed by atoms with van der Waals surface area (Å²) in [5, 5.41) is 17.5. The SMILES string of the molecule is CCSC1CCCC(NC(=NC)NCc2cc(OC)ccc2O)C1.I. The first-order valence-corrected chi connectivity index (χ1v) is 9.65. The predicted octanol–water partition coefficient (Wildman–Crippen LogP) is 3.75. The van der Waals surface area contributed by atoms with Crippen molar-refractivity contribution in [3.05, 3.63) is 23.8 Å². The number of aliphatic imine (C=N–C) groups is 1. The van der Waals surface area contributed by atoms with Crippen LogP contribution in [0.4, 0.5) is 0 Å².